The van der Waals surface area contributed by atoms with E-state index >= 15 is 0 Å². The van der Waals surface area contributed by atoms with Crippen LogP contribution in [0.4, 0.5) is 11.5 Å². The molecule has 7 heteroatoms. The quantitative estimate of drug-likeness (QED) is 0.588. The minimum Gasteiger partial charge on any atom is -0.378 e. The lowest BCUT2D eigenvalue weighted by atomic mass is 10.1. The van der Waals surface area contributed by atoms with E-state index in [-0.39, 0.29) is 0 Å². The van der Waals surface area contributed by atoms with Gasteiger partial charge in [-0.15, -0.1) is 11.3 Å². The van der Waals surface area contributed by atoms with Gasteiger partial charge in [-0.25, -0.2) is 4.98 Å². The highest BCUT2D eigenvalue weighted by Crippen LogP contribution is 2.31. The average Bonchev–Trinajstić information content (AvgIpc) is 3.24. The molecule has 1 N–H and O–H groups in total. The summed E-state index contributed by atoms with van der Waals surface area (Å²) in [4.78, 5) is 9.89. The molecule has 0 radical (unpaired) electrons. The first-order chi connectivity index (χ1) is 12.2. The smallest absolute Gasteiger partial charge is 0.254 e. The molecule has 0 spiro atoms. The Hall–Kier alpha value is -2.77. The number of hydrogen-bond donors (Lipinski definition) is 1. The van der Waals surface area contributed by atoms with Gasteiger partial charge in [0.25, 0.3) is 5.78 Å². The van der Waals surface area contributed by atoms with Crippen LogP contribution in [0.25, 0.3) is 16.2 Å². The predicted octanol–water partition coefficient (Wildman–Crippen LogP) is 4.05. The number of nitrogens with zero attached hydrogens (tertiary/aromatic N) is 4. The van der Waals surface area contributed by atoms with Crippen molar-refractivity contribution in [2.45, 2.75) is 13.5 Å². The molecule has 25 heavy (non-hydrogen) atoms. The van der Waals surface area contributed by atoms with Crippen molar-refractivity contribution in [3.8, 4) is 10.4 Å². The van der Waals surface area contributed by atoms with Crippen molar-refractivity contribution in [1.29, 1.82) is 0 Å². The van der Waals surface area contributed by atoms with Gasteiger partial charge in [-0.3, -0.25) is 0 Å². The number of hydrogen-bond acceptors (Lipinski definition) is 6. The van der Waals surface area contributed by atoms with Crippen molar-refractivity contribution in [2.24, 2.45) is 0 Å². The number of aryl methyl sites for hydroxylation is 1. The largest absolute Gasteiger partial charge is 0.378 e. The van der Waals surface area contributed by atoms with Gasteiger partial charge in [0.2, 0.25) is 0 Å². The summed E-state index contributed by atoms with van der Waals surface area (Å²) in [6, 6.07) is 12.4. The Labute approximate surface area is 149 Å². The molecule has 126 valence electrons. The van der Waals surface area contributed by atoms with Crippen LogP contribution in [-0.2, 0) is 11.3 Å². The van der Waals surface area contributed by atoms with Crippen molar-refractivity contribution in [1.82, 2.24) is 19.6 Å². The van der Waals surface area contributed by atoms with Crippen molar-refractivity contribution < 1.29 is 4.74 Å². The minimum atomic E-state index is 0.423. The summed E-state index contributed by atoms with van der Waals surface area (Å²) in [7, 11) is 1.65. The number of anilines is 2. The van der Waals surface area contributed by atoms with Crippen molar-refractivity contribution >= 4 is 28.6 Å². The molecule has 6 nitrogen and oxygen atoms in total. The van der Waals surface area contributed by atoms with E-state index in [2.05, 4.69) is 50.9 Å². The number of thiophene rings is 1. The molecule has 3 aromatic heterocycles. The van der Waals surface area contributed by atoms with E-state index < -0.39 is 0 Å². The van der Waals surface area contributed by atoms with Gasteiger partial charge in [-0.2, -0.15) is 14.6 Å². The first-order valence-corrected chi connectivity index (χ1v) is 8.73. The van der Waals surface area contributed by atoms with Gasteiger partial charge < -0.3 is 10.1 Å². The Morgan fingerprint density at radius 3 is 2.96 bits per heavy atom. The molecule has 0 saturated heterocycles. The van der Waals surface area contributed by atoms with E-state index in [0.717, 1.165) is 17.2 Å². The van der Waals surface area contributed by atoms with E-state index in [1.54, 1.807) is 23.0 Å². The Bertz CT molecular complexity index is 1020. The van der Waals surface area contributed by atoms with Gasteiger partial charge in [0.15, 0.2) is 0 Å². The molecule has 0 aliphatic rings. The van der Waals surface area contributed by atoms with Crippen LogP contribution in [-0.4, -0.2) is 26.7 Å². The second-order valence-corrected chi connectivity index (χ2v) is 6.59. The summed E-state index contributed by atoms with van der Waals surface area (Å²) in [5.41, 5.74) is 4.26. The van der Waals surface area contributed by atoms with E-state index in [1.807, 2.05) is 18.2 Å². The average molecular weight is 351 g/mol. The number of benzene rings is 1. The first kappa shape index (κ1) is 15.7. The highest BCUT2D eigenvalue weighted by atomic mass is 32.1. The summed E-state index contributed by atoms with van der Waals surface area (Å²) in [5.74, 6) is 1.34. The third-order valence-electron chi connectivity index (χ3n) is 3.86. The minimum absolute atomic E-state index is 0.423. The van der Waals surface area contributed by atoms with E-state index in [0.29, 0.717) is 12.4 Å². The SMILES string of the molecule is COCc1cc(Nc2cccc(-c3sccc3C)c2)n2ncnc2n1. The molecule has 3 heterocycles. The molecule has 0 aliphatic carbocycles. The zero-order valence-electron chi connectivity index (χ0n) is 13.9. The zero-order chi connectivity index (χ0) is 17.2. The van der Waals surface area contributed by atoms with Crippen LogP contribution in [0.2, 0.25) is 0 Å². The molecule has 0 saturated carbocycles. The van der Waals surface area contributed by atoms with Crippen molar-refractivity contribution in [3.05, 3.63) is 59.4 Å². The van der Waals surface area contributed by atoms with E-state index in [1.165, 1.54) is 22.3 Å². The summed E-state index contributed by atoms with van der Waals surface area (Å²) >= 11 is 1.75. The second kappa shape index (κ2) is 6.62. The lowest BCUT2D eigenvalue weighted by molar-refractivity contribution is 0.181. The maximum absolute atomic E-state index is 5.19. The molecular weight excluding hydrogens is 334 g/mol. The highest BCUT2D eigenvalue weighted by molar-refractivity contribution is 7.13. The fourth-order valence-electron chi connectivity index (χ4n) is 2.73. The van der Waals surface area contributed by atoms with Gasteiger partial charge in [-0.1, -0.05) is 12.1 Å². The topological polar surface area (TPSA) is 64.3 Å². The Balaban J connectivity index is 1.72. The lowest BCUT2D eigenvalue weighted by Crippen LogP contribution is -2.04. The molecule has 1 aromatic carbocycles. The highest BCUT2D eigenvalue weighted by Gasteiger charge is 2.09. The molecular formula is C18H17N5OS. The fraction of sp³-hybridized carbons (Fsp3) is 0.167. The number of methoxy groups -OCH3 is 1. The van der Waals surface area contributed by atoms with E-state index in [9.17, 15) is 0 Å². The molecule has 0 atom stereocenters. The Morgan fingerprint density at radius 1 is 1.24 bits per heavy atom. The molecule has 4 rings (SSSR count). The zero-order valence-corrected chi connectivity index (χ0v) is 14.7. The first-order valence-electron chi connectivity index (χ1n) is 7.85. The van der Waals surface area contributed by atoms with Gasteiger partial charge in [0.05, 0.1) is 12.3 Å². The molecule has 0 amide bonds. The molecule has 0 aliphatic heterocycles. The standard InChI is InChI=1S/C18H17N5OS/c1-12-6-7-25-17(12)13-4-3-5-14(8-13)21-16-9-15(10-24-2)22-18-19-11-20-23(16)18/h3-9,11,21H,10H2,1-2H3. The third-order valence-corrected chi connectivity index (χ3v) is 4.92. The fourth-order valence-corrected chi connectivity index (χ4v) is 3.65. The van der Waals surface area contributed by atoms with Crippen LogP contribution in [0.1, 0.15) is 11.3 Å². The monoisotopic (exact) mass is 351 g/mol. The molecule has 0 bridgehead atoms. The van der Waals surface area contributed by atoms with E-state index in [4.69, 9.17) is 4.74 Å². The van der Waals surface area contributed by atoms with Crippen LogP contribution >= 0.6 is 11.3 Å². The van der Waals surface area contributed by atoms with Crippen LogP contribution < -0.4 is 5.32 Å². The summed E-state index contributed by atoms with van der Waals surface area (Å²) in [5, 5.41) is 9.78. The number of nitrogens with one attached hydrogen (secondary N) is 1. The van der Waals surface area contributed by atoms with Gasteiger partial charge in [0.1, 0.15) is 12.1 Å². The van der Waals surface area contributed by atoms with Gasteiger partial charge in [-0.05, 0) is 41.6 Å². The number of aromatic nitrogens is 4. The van der Waals surface area contributed by atoms with Crippen LogP contribution in [0.3, 0.4) is 0 Å². The summed E-state index contributed by atoms with van der Waals surface area (Å²) in [6.45, 7) is 2.55. The predicted molar refractivity (Wildman–Crippen MR) is 99.3 cm³/mol. The normalized spacial score (nSPS) is 11.1. The Kier molecular flexibility index (Phi) is 4.17. The summed E-state index contributed by atoms with van der Waals surface area (Å²) < 4.78 is 6.88. The number of fused-ring (bicyclic) bond motifs is 1. The summed E-state index contributed by atoms with van der Waals surface area (Å²) in [6.07, 6.45) is 1.50. The molecule has 4 aromatic rings. The van der Waals surface area contributed by atoms with Crippen LogP contribution in [0.5, 0.6) is 0 Å². The van der Waals surface area contributed by atoms with Gasteiger partial charge in [0, 0.05) is 23.7 Å². The van der Waals surface area contributed by atoms with Crippen LogP contribution in [0.15, 0.2) is 48.1 Å². The molecule has 0 fully saturated rings. The Morgan fingerprint density at radius 2 is 2.16 bits per heavy atom. The maximum atomic E-state index is 5.19. The molecule has 0 unspecified atom stereocenters. The third kappa shape index (κ3) is 3.11. The number of rotatable bonds is 5. The van der Waals surface area contributed by atoms with Crippen molar-refractivity contribution in [2.75, 3.05) is 12.4 Å². The van der Waals surface area contributed by atoms with Crippen molar-refractivity contribution in [3.63, 3.8) is 0 Å². The number of ether oxygens (including phenoxy) is 1. The van der Waals surface area contributed by atoms with Crippen LogP contribution in [0, 0.1) is 6.92 Å². The second-order valence-electron chi connectivity index (χ2n) is 5.68. The maximum Gasteiger partial charge on any atom is 0.254 e. The van der Waals surface area contributed by atoms with Gasteiger partial charge >= 0.3 is 0 Å². The lowest BCUT2D eigenvalue weighted by Gasteiger charge is -2.11.